The van der Waals surface area contributed by atoms with Crippen LogP contribution in [0.5, 0.6) is 11.6 Å². The van der Waals surface area contributed by atoms with Gasteiger partial charge in [0.1, 0.15) is 17.4 Å². The number of hydrogen-bond acceptors (Lipinski definition) is 4. The number of aromatic nitrogens is 1. The van der Waals surface area contributed by atoms with E-state index < -0.39 is 17.2 Å². The molecule has 38 heavy (non-hydrogen) atoms. The van der Waals surface area contributed by atoms with Crippen molar-refractivity contribution in [2.45, 2.75) is 44.1 Å². The van der Waals surface area contributed by atoms with Crippen LogP contribution in [0.15, 0.2) is 60.8 Å². The quantitative estimate of drug-likeness (QED) is 0.397. The maximum atomic E-state index is 13.7. The van der Waals surface area contributed by atoms with E-state index in [0.29, 0.717) is 47.4 Å². The van der Waals surface area contributed by atoms with Crippen LogP contribution >= 0.6 is 11.6 Å². The summed E-state index contributed by atoms with van der Waals surface area (Å²) in [6.45, 7) is 1.61. The van der Waals surface area contributed by atoms with Gasteiger partial charge in [0.15, 0.2) is 0 Å². The van der Waals surface area contributed by atoms with Gasteiger partial charge in [-0.2, -0.15) is 0 Å². The molecule has 2 aliphatic rings. The minimum Gasteiger partial charge on any atom is -0.439 e. The monoisotopic (exact) mass is 539 g/mol. The highest BCUT2D eigenvalue weighted by atomic mass is 35.5. The average Bonchev–Trinajstić information content (AvgIpc) is 2.90. The van der Waals surface area contributed by atoms with E-state index in [1.165, 1.54) is 18.3 Å². The molecule has 1 atom stereocenters. The van der Waals surface area contributed by atoms with Gasteiger partial charge in [-0.1, -0.05) is 11.6 Å². The maximum Gasteiger partial charge on any atom is 0.253 e. The van der Waals surface area contributed by atoms with Crippen LogP contribution in [0.2, 0.25) is 5.02 Å². The molecule has 9 heteroatoms. The van der Waals surface area contributed by atoms with Crippen molar-refractivity contribution in [3.8, 4) is 11.6 Å². The minimum atomic E-state index is -0.698. The van der Waals surface area contributed by atoms with Gasteiger partial charge in [-0.25, -0.2) is 13.8 Å². The van der Waals surface area contributed by atoms with Crippen LogP contribution < -0.4 is 4.74 Å². The van der Waals surface area contributed by atoms with Crippen LogP contribution in [0.3, 0.4) is 0 Å². The lowest BCUT2D eigenvalue weighted by Gasteiger charge is -2.52. The fourth-order valence-electron chi connectivity index (χ4n) is 5.57. The molecule has 1 spiro atoms. The number of amides is 2. The van der Waals surface area contributed by atoms with E-state index in [4.69, 9.17) is 16.3 Å². The molecule has 2 fully saturated rings. The number of rotatable bonds is 5. The smallest absolute Gasteiger partial charge is 0.253 e. The van der Waals surface area contributed by atoms with Gasteiger partial charge < -0.3 is 14.5 Å². The largest absolute Gasteiger partial charge is 0.439 e. The number of hydrogen-bond donors (Lipinski definition) is 0. The Balaban J connectivity index is 1.28. The Labute approximate surface area is 225 Å². The third-order valence-electron chi connectivity index (χ3n) is 7.29. The Hall–Kier alpha value is -3.52. The minimum absolute atomic E-state index is 0.0751. The van der Waals surface area contributed by atoms with E-state index in [1.54, 1.807) is 36.4 Å². The lowest BCUT2D eigenvalue weighted by atomic mass is 9.79. The number of ether oxygens (including phenoxy) is 1. The van der Waals surface area contributed by atoms with Crippen LogP contribution in [0, 0.1) is 11.6 Å². The van der Waals surface area contributed by atoms with Gasteiger partial charge in [0, 0.05) is 43.5 Å². The van der Waals surface area contributed by atoms with Gasteiger partial charge in [-0.05, 0) is 80.1 Å². The summed E-state index contributed by atoms with van der Waals surface area (Å²) in [4.78, 5) is 34.6. The van der Waals surface area contributed by atoms with Crippen molar-refractivity contribution in [1.82, 2.24) is 14.8 Å². The summed E-state index contributed by atoms with van der Waals surface area (Å²) in [5.74, 6) is -0.724. The molecule has 0 bridgehead atoms. The molecular formula is C29H28ClF2N3O3. The van der Waals surface area contributed by atoms with Gasteiger partial charge in [-0.3, -0.25) is 9.59 Å². The van der Waals surface area contributed by atoms with E-state index in [1.807, 2.05) is 9.80 Å². The number of halogens is 3. The number of carbonyl (C=O) groups excluding carboxylic acids is 2. The number of pyridine rings is 1. The van der Waals surface area contributed by atoms with Gasteiger partial charge in [-0.15, -0.1) is 0 Å². The normalized spacial score (nSPS) is 19.4. The van der Waals surface area contributed by atoms with Crippen molar-refractivity contribution in [3.05, 3.63) is 88.6 Å². The van der Waals surface area contributed by atoms with Crippen molar-refractivity contribution >= 4 is 23.4 Å². The van der Waals surface area contributed by atoms with Gasteiger partial charge in [0.2, 0.25) is 11.8 Å². The predicted molar refractivity (Wildman–Crippen MR) is 139 cm³/mol. The molecule has 2 saturated heterocycles. The third kappa shape index (κ3) is 5.80. The Morgan fingerprint density at radius 3 is 2.39 bits per heavy atom. The summed E-state index contributed by atoms with van der Waals surface area (Å²) in [5, 5.41) is 0.513. The highest BCUT2D eigenvalue weighted by Gasteiger charge is 2.45. The van der Waals surface area contributed by atoms with E-state index in [2.05, 4.69) is 4.98 Å². The summed E-state index contributed by atoms with van der Waals surface area (Å²) < 4.78 is 33.1. The molecule has 6 nitrogen and oxygen atoms in total. The molecule has 0 radical (unpaired) electrons. The van der Waals surface area contributed by atoms with Crippen molar-refractivity contribution in [1.29, 1.82) is 0 Å². The molecule has 1 unspecified atom stereocenters. The van der Waals surface area contributed by atoms with E-state index >= 15 is 0 Å². The fraction of sp³-hybridized carbons (Fsp3) is 0.345. The SMILES string of the molecule is O=C(c1ccc(Oc2ccc(Cl)cn2)cc1)N1CCCC2(CCCCN2C(=O)Cc2cc(F)cc(F)c2)C1. The van der Waals surface area contributed by atoms with Crippen molar-refractivity contribution < 1.29 is 23.1 Å². The topological polar surface area (TPSA) is 62.7 Å². The van der Waals surface area contributed by atoms with Crippen molar-refractivity contribution in [2.75, 3.05) is 19.6 Å². The summed E-state index contributed by atoms with van der Waals surface area (Å²) >= 11 is 5.86. The summed E-state index contributed by atoms with van der Waals surface area (Å²) in [6, 6.07) is 13.4. The molecule has 0 N–H and O–H groups in total. The van der Waals surface area contributed by atoms with Crippen LogP contribution in [0.1, 0.15) is 48.0 Å². The average molecular weight is 540 g/mol. The zero-order valence-corrected chi connectivity index (χ0v) is 21.6. The molecule has 198 valence electrons. The molecule has 1 aromatic heterocycles. The van der Waals surface area contributed by atoms with Crippen molar-refractivity contribution in [3.63, 3.8) is 0 Å². The molecule has 2 aromatic carbocycles. The number of carbonyl (C=O) groups is 2. The first-order chi connectivity index (χ1) is 18.3. The summed E-state index contributed by atoms with van der Waals surface area (Å²) in [7, 11) is 0. The lowest BCUT2D eigenvalue weighted by Crippen LogP contribution is -2.63. The first-order valence-corrected chi connectivity index (χ1v) is 13.1. The summed E-state index contributed by atoms with van der Waals surface area (Å²) in [6.07, 6.45) is 5.61. The van der Waals surface area contributed by atoms with Crippen molar-refractivity contribution in [2.24, 2.45) is 0 Å². The second-order valence-electron chi connectivity index (χ2n) is 9.95. The van der Waals surface area contributed by atoms with Crippen LogP contribution in [0.4, 0.5) is 8.78 Å². The molecule has 2 amide bonds. The molecule has 0 aliphatic carbocycles. The van der Waals surface area contributed by atoms with Gasteiger partial charge in [0.05, 0.1) is 17.0 Å². The van der Waals surface area contributed by atoms with Crippen LogP contribution in [-0.4, -0.2) is 51.8 Å². The second kappa shape index (κ2) is 11.1. The molecular weight excluding hydrogens is 512 g/mol. The molecule has 5 rings (SSSR count). The fourth-order valence-corrected chi connectivity index (χ4v) is 5.68. The Morgan fingerprint density at radius 2 is 1.68 bits per heavy atom. The van der Waals surface area contributed by atoms with Crippen LogP contribution in [0.25, 0.3) is 0 Å². The number of benzene rings is 2. The standard InChI is InChI=1S/C29H28ClF2N3O3/c30-22-6-9-26(33-18-22)38-25-7-4-21(5-8-25)28(37)34-12-3-11-29(19-34)10-1-2-13-35(29)27(36)16-20-14-23(31)17-24(32)15-20/h4-9,14-15,17-18H,1-3,10-13,16,19H2. The predicted octanol–water partition coefficient (Wildman–Crippen LogP) is 6.04. The zero-order chi connectivity index (χ0) is 26.7. The number of piperidine rings is 2. The van der Waals surface area contributed by atoms with E-state index in [9.17, 15) is 18.4 Å². The van der Waals surface area contributed by atoms with Gasteiger partial charge in [0.25, 0.3) is 5.91 Å². The zero-order valence-electron chi connectivity index (χ0n) is 20.8. The van der Waals surface area contributed by atoms with E-state index in [0.717, 1.165) is 38.2 Å². The number of likely N-dealkylation sites (tertiary alicyclic amines) is 2. The highest BCUT2D eigenvalue weighted by Crippen LogP contribution is 2.37. The Bertz CT molecular complexity index is 1300. The molecule has 2 aliphatic heterocycles. The highest BCUT2D eigenvalue weighted by molar-refractivity contribution is 6.30. The number of nitrogens with zero attached hydrogens (tertiary/aromatic N) is 3. The first kappa shape index (κ1) is 26.1. The summed E-state index contributed by atoms with van der Waals surface area (Å²) in [5.41, 5.74) is 0.369. The third-order valence-corrected chi connectivity index (χ3v) is 7.52. The second-order valence-corrected chi connectivity index (χ2v) is 10.4. The maximum absolute atomic E-state index is 13.7. The Morgan fingerprint density at radius 1 is 0.947 bits per heavy atom. The van der Waals surface area contributed by atoms with E-state index in [-0.39, 0.29) is 18.2 Å². The first-order valence-electron chi connectivity index (χ1n) is 12.8. The van der Waals surface area contributed by atoms with Crippen LogP contribution in [-0.2, 0) is 11.2 Å². The molecule has 3 heterocycles. The Kier molecular flexibility index (Phi) is 7.61. The molecule has 3 aromatic rings. The lowest BCUT2D eigenvalue weighted by molar-refractivity contribution is -0.142. The van der Waals surface area contributed by atoms with Gasteiger partial charge >= 0.3 is 0 Å². The molecule has 0 saturated carbocycles.